The molecule has 0 aliphatic carbocycles. The van der Waals surface area contributed by atoms with E-state index in [1.807, 2.05) is 31.2 Å². The zero-order valence-corrected chi connectivity index (χ0v) is 9.80. The first-order valence-corrected chi connectivity index (χ1v) is 5.94. The van der Waals surface area contributed by atoms with Gasteiger partial charge in [0.1, 0.15) is 12.7 Å². The summed E-state index contributed by atoms with van der Waals surface area (Å²) in [6.45, 7) is 3.99. The van der Waals surface area contributed by atoms with Crippen molar-refractivity contribution in [2.75, 3.05) is 19.8 Å². The van der Waals surface area contributed by atoms with Crippen LogP contribution in [0.25, 0.3) is 0 Å². The molecule has 0 N–H and O–H groups in total. The minimum atomic E-state index is -0.0522. The SMILES string of the molecule is C[C@@H](OC[C@H]1CO1)[C@@H]1COc2ccccc2O1. The maximum atomic E-state index is 5.86. The monoisotopic (exact) mass is 236 g/mol. The van der Waals surface area contributed by atoms with E-state index in [0.29, 0.717) is 13.2 Å². The molecule has 0 radical (unpaired) electrons. The van der Waals surface area contributed by atoms with Gasteiger partial charge in [-0.3, -0.25) is 0 Å². The van der Waals surface area contributed by atoms with Gasteiger partial charge in [0.2, 0.25) is 0 Å². The molecule has 1 aromatic carbocycles. The smallest absolute Gasteiger partial charge is 0.161 e. The summed E-state index contributed by atoms with van der Waals surface area (Å²) in [5.74, 6) is 1.60. The van der Waals surface area contributed by atoms with Crippen LogP contribution in [0.5, 0.6) is 11.5 Å². The molecule has 0 bridgehead atoms. The third kappa shape index (κ3) is 2.53. The maximum Gasteiger partial charge on any atom is 0.161 e. The van der Waals surface area contributed by atoms with Crippen molar-refractivity contribution in [3.63, 3.8) is 0 Å². The van der Waals surface area contributed by atoms with E-state index in [2.05, 4.69) is 0 Å². The zero-order valence-electron chi connectivity index (χ0n) is 9.80. The summed E-state index contributed by atoms with van der Waals surface area (Å²) in [5, 5.41) is 0. The van der Waals surface area contributed by atoms with Gasteiger partial charge in [0.05, 0.1) is 19.3 Å². The second kappa shape index (κ2) is 4.55. The number of para-hydroxylation sites is 2. The Balaban J connectivity index is 1.58. The normalized spacial score (nSPS) is 27.6. The summed E-state index contributed by atoms with van der Waals surface area (Å²) < 4.78 is 22.3. The Hall–Kier alpha value is -1.26. The molecule has 17 heavy (non-hydrogen) atoms. The highest BCUT2D eigenvalue weighted by Crippen LogP contribution is 2.32. The van der Waals surface area contributed by atoms with Gasteiger partial charge in [-0.25, -0.2) is 0 Å². The Kier molecular flexibility index (Phi) is 2.91. The molecule has 0 spiro atoms. The van der Waals surface area contributed by atoms with Gasteiger partial charge in [-0.15, -0.1) is 0 Å². The predicted octanol–water partition coefficient (Wildman–Crippen LogP) is 1.63. The van der Waals surface area contributed by atoms with Gasteiger partial charge in [-0.2, -0.15) is 0 Å². The number of rotatable bonds is 4. The molecule has 0 amide bonds. The zero-order chi connectivity index (χ0) is 11.7. The number of epoxide rings is 1. The van der Waals surface area contributed by atoms with Crippen LogP contribution in [0.4, 0.5) is 0 Å². The van der Waals surface area contributed by atoms with Crippen LogP contribution >= 0.6 is 0 Å². The second-order valence-electron chi connectivity index (χ2n) is 4.41. The lowest BCUT2D eigenvalue weighted by Gasteiger charge is -2.30. The fourth-order valence-corrected chi connectivity index (χ4v) is 1.80. The molecule has 0 aromatic heterocycles. The molecule has 4 heteroatoms. The van der Waals surface area contributed by atoms with Gasteiger partial charge >= 0.3 is 0 Å². The van der Waals surface area contributed by atoms with Crippen molar-refractivity contribution >= 4 is 0 Å². The summed E-state index contributed by atoms with van der Waals surface area (Å²) in [5.41, 5.74) is 0. The Morgan fingerprint density at radius 1 is 1.29 bits per heavy atom. The van der Waals surface area contributed by atoms with E-state index in [-0.39, 0.29) is 18.3 Å². The fourth-order valence-electron chi connectivity index (χ4n) is 1.80. The van der Waals surface area contributed by atoms with Gasteiger partial charge in [-0.1, -0.05) is 12.1 Å². The van der Waals surface area contributed by atoms with Crippen molar-refractivity contribution in [3.05, 3.63) is 24.3 Å². The average Bonchev–Trinajstić information content (AvgIpc) is 3.19. The molecule has 2 aliphatic rings. The van der Waals surface area contributed by atoms with Crippen molar-refractivity contribution in [1.29, 1.82) is 0 Å². The summed E-state index contributed by atoms with van der Waals surface area (Å²) in [6, 6.07) is 7.70. The molecule has 1 aromatic rings. The first-order chi connectivity index (χ1) is 8.33. The summed E-state index contributed by atoms with van der Waals surface area (Å²) >= 11 is 0. The highest BCUT2D eigenvalue weighted by Gasteiger charge is 2.29. The van der Waals surface area contributed by atoms with E-state index in [1.54, 1.807) is 0 Å². The third-order valence-corrected chi connectivity index (χ3v) is 3.00. The van der Waals surface area contributed by atoms with Gasteiger partial charge in [0, 0.05) is 0 Å². The van der Waals surface area contributed by atoms with Gasteiger partial charge < -0.3 is 18.9 Å². The minimum absolute atomic E-state index is 0.00700. The summed E-state index contributed by atoms with van der Waals surface area (Å²) in [4.78, 5) is 0. The van der Waals surface area contributed by atoms with Crippen LogP contribution in [0.15, 0.2) is 24.3 Å². The first-order valence-electron chi connectivity index (χ1n) is 5.94. The third-order valence-electron chi connectivity index (χ3n) is 3.00. The predicted molar refractivity (Wildman–Crippen MR) is 61.5 cm³/mol. The van der Waals surface area contributed by atoms with Crippen LogP contribution in [0, 0.1) is 0 Å². The molecule has 2 heterocycles. The minimum Gasteiger partial charge on any atom is -0.486 e. The van der Waals surface area contributed by atoms with Crippen LogP contribution in [-0.4, -0.2) is 38.1 Å². The second-order valence-corrected chi connectivity index (χ2v) is 4.41. The largest absolute Gasteiger partial charge is 0.486 e. The van der Waals surface area contributed by atoms with Crippen LogP contribution in [-0.2, 0) is 9.47 Å². The van der Waals surface area contributed by atoms with Crippen molar-refractivity contribution in [2.24, 2.45) is 0 Å². The Bertz CT molecular complexity index is 389. The highest BCUT2D eigenvalue weighted by atomic mass is 16.6. The number of fused-ring (bicyclic) bond motifs is 1. The topological polar surface area (TPSA) is 40.2 Å². The lowest BCUT2D eigenvalue weighted by molar-refractivity contribution is -0.0475. The van der Waals surface area contributed by atoms with E-state index in [1.165, 1.54) is 0 Å². The van der Waals surface area contributed by atoms with Crippen LogP contribution in [0.1, 0.15) is 6.92 Å². The van der Waals surface area contributed by atoms with Crippen LogP contribution in [0.3, 0.4) is 0 Å². The van der Waals surface area contributed by atoms with Crippen LogP contribution < -0.4 is 9.47 Å². The summed E-state index contributed by atoms with van der Waals surface area (Å²) in [7, 11) is 0. The van der Waals surface area contributed by atoms with Crippen molar-refractivity contribution in [2.45, 2.75) is 25.2 Å². The lowest BCUT2D eigenvalue weighted by atomic mass is 10.2. The molecular weight excluding hydrogens is 220 g/mol. The number of hydrogen-bond acceptors (Lipinski definition) is 4. The molecular formula is C13H16O4. The quantitative estimate of drug-likeness (QED) is 0.745. The molecule has 0 unspecified atom stereocenters. The van der Waals surface area contributed by atoms with E-state index in [0.717, 1.165) is 18.1 Å². The molecule has 2 aliphatic heterocycles. The van der Waals surface area contributed by atoms with Crippen molar-refractivity contribution in [1.82, 2.24) is 0 Å². The van der Waals surface area contributed by atoms with E-state index < -0.39 is 0 Å². The Morgan fingerprint density at radius 2 is 2.06 bits per heavy atom. The molecule has 1 fully saturated rings. The number of hydrogen-bond donors (Lipinski definition) is 0. The maximum absolute atomic E-state index is 5.86. The Labute approximate surface area is 100 Å². The summed E-state index contributed by atoms with van der Waals surface area (Å²) in [6.07, 6.45) is 0.241. The molecule has 4 nitrogen and oxygen atoms in total. The lowest BCUT2D eigenvalue weighted by Crippen LogP contribution is -2.40. The molecule has 3 atom stereocenters. The van der Waals surface area contributed by atoms with Crippen LogP contribution in [0.2, 0.25) is 0 Å². The standard InChI is InChI=1S/C13H16O4/c1-9(14-6-10-7-15-10)13-8-16-11-4-2-3-5-12(11)17-13/h2-5,9-10,13H,6-8H2,1H3/t9-,10+,13+/m1/s1. The van der Waals surface area contributed by atoms with Crippen molar-refractivity contribution in [3.8, 4) is 11.5 Å². The molecule has 92 valence electrons. The number of benzene rings is 1. The van der Waals surface area contributed by atoms with Gasteiger partial charge in [-0.05, 0) is 19.1 Å². The fraction of sp³-hybridized carbons (Fsp3) is 0.538. The first kappa shape index (κ1) is 10.9. The Morgan fingerprint density at radius 3 is 2.82 bits per heavy atom. The number of ether oxygens (including phenoxy) is 4. The average molecular weight is 236 g/mol. The highest BCUT2D eigenvalue weighted by molar-refractivity contribution is 5.40. The molecule has 3 rings (SSSR count). The van der Waals surface area contributed by atoms with Crippen molar-refractivity contribution < 1.29 is 18.9 Å². The molecule has 1 saturated heterocycles. The van der Waals surface area contributed by atoms with E-state index >= 15 is 0 Å². The molecule has 0 saturated carbocycles. The van der Waals surface area contributed by atoms with E-state index in [9.17, 15) is 0 Å². The van der Waals surface area contributed by atoms with Gasteiger partial charge in [0.15, 0.2) is 17.6 Å². The van der Waals surface area contributed by atoms with E-state index in [4.69, 9.17) is 18.9 Å². The van der Waals surface area contributed by atoms with Gasteiger partial charge in [0.25, 0.3) is 0 Å².